The maximum Gasteiger partial charge on any atom is 0.347 e. The van der Waals surface area contributed by atoms with Gasteiger partial charge in [-0.3, -0.25) is 0 Å². The lowest BCUT2D eigenvalue weighted by Gasteiger charge is -2.23. The molecule has 0 aliphatic carbocycles. The fourth-order valence-corrected chi connectivity index (χ4v) is 4.51. The summed E-state index contributed by atoms with van der Waals surface area (Å²) < 4.78 is 0. The second-order valence-corrected chi connectivity index (χ2v) is 7.98. The topological polar surface area (TPSA) is 53.4 Å². The monoisotopic (exact) mass is 300 g/mol. The highest BCUT2D eigenvalue weighted by Crippen LogP contribution is 2.35. The Morgan fingerprint density at radius 2 is 2.16 bits per heavy atom. The highest BCUT2D eigenvalue weighted by molar-refractivity contribution is 7.99. The van der Waals surface area contributed by atoms with E-state index >= 15 is 0 Å². The lowest BCUT2D eigenvalue weighted by Crippen LogP contribution is -2.31. The van der Waals surface area contributed by atoms with E-state index < -0.39 is 5.97 Å². The van der Waals surface area contributed by atoms with Crippen LogP contribution in [0.1, 0.15) is 42.6 Å². The van der Waals surface area contributed by atoms with Gasteiger partial charge in [-0.05, 0) is 12.2 Å². The number of carbonyl (C=O) groups is 1. The number of aromatic carboxylic acids is 1. The number of carboxylic acids is 1. The third-order valence-corrected chi connectivity index (χ3v) is 5.55. The van der Waals surface area contributed by atoms with Crippen LogP contribution in [0.3, 0.4) is 0 Å². The second-order valence-electron chi connectivity index (χ2n) is 5.86. The van der Waals surface area contributed by atoms with Crippen molar-refractivity contribution in [2.75, 3.05) is 23.5 Å². The molecule has 2 rings (SSSR count). The van der Waals surface area contributed by atoms with Crippen LogP contribution in [0.2, 0.25) is 0 Å². The Labute approximate surface area is 122 Å². The number of carboxylic acid groups (broad SMARTS) is 1. The Bertz CT molecular complexity index is 473. The van der Waals surface area contributed by atoms with Crippen molar-refractivity contribution < 1.29 is 9.90 Å². The van der Waals surface area contributed by atoms with E-state index in [4.69, 9.17) is 0 Å². The van der Waals surface area contributed by atoms with Crippen molar-refractivity contribution in [2.45, 2.75) is 38.6 Å². The van der Waals surface area contributed by atoms with Gasteiger partial charge < -0.3 is 10.0 Å². The molecule has 1 aromatic heterocycles. The van der Waals surface area contributed by atoms with Crippen molar-refractivity contribution in [2.24, 2.45) is 0 Å². The molecule has 1 unspecified atom stereocenters. The zero-order chi connectivity index (χ0) is 14.2. The highest BCUT2D eigenvalue weighted by atomic mass is 32.2. The maximum absolute atomic E-state index is 11.4. The molecule has 0 bridgehead atoms. The van der Waals surface area contributed by atoms with E-state index in [9.17, 15) is 9.90 Å². The Kier molecular flexibility index (Phi) is 4.11. The Morgan fingerprint density at radius 1 is 1.47 bits per heavy atom. The largest absolute Gasteiger partial charge is 0.477 e. The van der Waals surface area contributed by atoms with Gasteiger partial charge in [0.05, 0.1) is 5.69 Å². The van der Waals surface area contributed by atoms with Crippen LogP contribution in [0, 0.1) is 0 Å². The van der Waals surface area contributed by atoms with E-state index in [0.29, 0.717) is 16.6 Å². The van der Waals surface area contributed by atoms with Crippen molar-refractivity contribution in [3.8, 4) is 0 Å². The number of aromatic nitrogens is 1. The van der Waals surface area contributed by atoms with Gasteiger partial charge in [0, 0.05) is 24.3 Å². The third-order valence-electron chi connectivity index (χ3n) is 3.28. The standard InChI is InChI=1S/C13H20N2O2S2/c1-13(2,3)10-9(11(16)17)19-12(14-10)15(4)8-5-6-18-7-8/h8H,5-7H2,1-4H3,(H,16,17). The van der Waals surface area contributed by atoms with Gasteiger partial charge in [0.1, 0.15) is 4.88 Å². The number of hydrogen-bond donors (Lipinski definition) is 1. The molecule has 19 heavy (non-hydrogen) atoms. The summed E-state index contributed by atoms with van der Waals surface area (Å²) in [6.45, 7) is 6.01. The van der Waals surface area contributed by atoms with Gasteiger partial charge >= 0.3 is 5.97 Å². The van der Waals surface area contributed by atoms with E-state index in [2.05, 4.69) is 9.88 Å². The predicted octanol–water partition coefficient (Wildman–Crippen LogP) is 3.08. The summed E-state index contributed by atoms with van der Waals surface area (Å²) in [5.74, 6) is 1.41. The molecule has 0 spiro atoms. The van der Waals surface area contributed by atoms with Crippen LogP contribution < -0.4 is 4.90 Å². The molecule has 0 saturated carbocycles. The summed E-state index contributed by atoms with van der Waals surface area (Å²) in [6.07, 6.45) is 1.15. The highest BCUT2D eigenvalue weighted by Gasteiger charge is 2.30. The second kappa shape index (κ2) is 5.32. The Hall–Kier alpha value is -0.750. The molecule has 106 valence electrons. The molecule has 1 fully saturated rings. The third kappa shape index (κ3) is 3.05. The minimum Gasteiger partial charge on any atom is -0.477 e. The van der Waals surface area contributed by atoms with Crippen LogP contribution >= 0.6 is 23.1 Å². The molecule has 4 nitrogen and oxygen atoms in total. The average Bonchev–Trinajstić information content (AvgIpc) is 2.96. The molecule has 1 atom stereocenters. The van der Waals surface area contributed by atoms with Gasteiger partial charge in [0.15, 0.2) is 5.13 Å². The first-order chi connectivity index (χ1) is 8.80. The van der Waals surface area contributed by atoms with Gasteiger partial charge in [-0.2, -0.15) is 11.8 Å². The van der Waals surface area contributed by atoms with E-state index in [1.54, 1.807) is 0 Å². The lowest BCUT2D eigenvalue weighted by atomic mass is 9.91. The molecule has 0 amide bonds. The van der Waals surface area contributed by atoms with Gasteiger partial charge in [-0.1, -0.05) is 32.1 Å². The maximum atomic E-state index is 11.4. The summed E-state index contributed by atoms with van der Waals surface area (Å²) in [6, 6.07) is 0.477. The normalized spacial score (nSPS) is 19.7. The number of thiazole rings is 1. The number of nitrogens with zero attached hydrogens (tertiary/aromatic N) is 2. The summed E-state index contributed by atoms with van der Waals surface area (Å²) in [5, 5.41) is 10.2. The lowest BCUT2D eigenvalue weighted by molar-refractivity contribution is 0.0699. The number of hydrogen-bond acceptors (Lipinski definition) is 5. The van der Waals surface area contributed by atoms with Crippen LogP contribution in [-0.4, -0.2) is 40.7 Å². The molecule has 1 aliphatic heterocycles. The number of rotatable bonds is 3. The van der Waals surface area contributed by atoms with Crippen LogP contribution in [0.5, 0.6) is 0 Å². The first-order valence-electron chi connectivity index (χ1n) is 6.36. The van der Waals surface area contributed by atoms with Crippen molar-refractivity contribution in [3.63, 3.8) is 0 Å². The molecule has 1 aliphatic rings. The quantitative estimate of drug-likeness (QED) is 0.929. The molecule has 1 aromatic rings. The molecular weight excluding hydrogens is 280 g/mol. The molecule has 1 saturated heterocycles. The average molecular weight is 300 g/mol. The smallest absolute Gasteiger partial charge is 0.347 e. The Morgan fingerprint density at radius 3 is 2.58 bits per heavy atom. The van der Waals surface area contributed by atoms with Crippen molar-refractivity contribution in [3.05, 3.63) is 10.6 Å². The molecule has 2 heterocycles. The SMILES string of the molecule is CN(c1nc(C(C)(C)C)c(C(=O)O)s1)C1CCSC1. The van der Waals surface area contributed by atoms with E-state index in [1.165, 1.54) is 17.1 Å². The van der Waals surface area contributed by atoms with Crippen LogP contribution in [0.25, 0.3) is 0 Å². The minimum atomic E-state index is -0.872. The van der Waals surface area contributed by atoms with E-state index in [-0.39, 0.29) is 5.41 Å². The fraction of sp³-hybridized carbons (Fsp3) is 0.692. The minimum absolute atomic E-state index is 0.242. The van der Waals surface area contributed by atoms with E-state index in [0.717, 1.165) is 17.3 Å². The van der Waals surface area contributed by atoms with Gasteiger partial charge in [-0.15, -0.1) is 0 Å². The van der Waals surface area contributed by atoms with Gasteiger partial charge in [-0.25, -0.2) is 9.78 Å². The van der Waals surface area contributed by atoms with Crippen molar-refractivity contribution >= 4 is 34.2 Å². The summed E-state index contributed by atoms with van der Waals surface area (Å²) in [5.41, 5.74) is 0.450. The van der Waals surface area contributed by atoms with Crippen LogP contribution in [0.15, 0.2) is 0 Å². The van der Waals surface area contributed by atoms with Crippen LogP contribution in [0.4, 0.5) is 5.13 Å². The van der Waals surface area contributed by atoms with Crippen molar-refractivity contribution in [1.29, 1.82) is 0 Å². The number of thioether (sulfide) groups is 1. The van der Waals surface area contributed by atoms with Gasteiger partial charge in [0.2, 0.25) is 0 Å². The molecule has 0 radical (unpaired) electrons. The van der Waals surface area contributed by atoms with Crippen LogP contribution in [-0.2, 0) is 5.41 Å². The number of anilines is 1. The van der Waals surface area contributed by atoms with Crippen molar-refractivity contribution in [1.82, 2.24) is 4.98 Å². The first-order valence-corrected chi connectivity index (χ1v) is 8.33. The van der Waals surface area contributed by atoms with Gasteiger partial charge in [0.25, 0.3) is 0 Å². The molecule has 1 N–H and O–H groups in total. The molecular formula is C13H20N2O2S2. The summed E-state index contributed by atoms with van der Waals surface area (Å²) >= 11 is 3.24. The summed E-state index contributed by atoms with van der Waals surface area (Å²) in [4.78, 5) is 18.5. The molecule has 0 aromatic carbocycles. The summed E-state index contributed by atoms with van der Waals surface area (Å²) in [7, 11) is 2.02. The van der Waals surface area contributed by atoms with E-state index in [1.807, 2.05) is 39.6 Å². The Balaban J connectivity index is 2.34. The first kappa shape index (κ1) is 14.7. The molecule has 6 heteroatoms. The zero-order valence-corrected chi connectivity index (χ0v) is 13.4. The zero-order valence-electron chi connectivity index (χ0n) is 11.8. The predicted molar refractivity (Wildman–Crippen MR) is 81.9 cm³/mol. The fourth-order valence-electron chi connectivity index (χ4n) is 2.10.